The molecule has 0 aliphatic rings. The molecule has 0 radical (unpaired) electrons. The Balaban J connectivity index is 5.28. The zero-order valence-corrected chi connectivity index (χ0v) is 8.63. The lowest BCUT2D eigenvalue weighted by molar-refractivity contribution is -0.0990. The Bertz CT molecular complexity index is 283. The zero-order chi connectivity index (χ0) is 13.0. The van der Waals surface area contributed by atoms with Gasteiger partial charge in [0.15, 0.2) is 0 Å². The van der Waals surface area contributed by atoms with Gasteiger partial charge in [-0.05, 0) is 12.5 Å². The Morgan fingerprint density at radius 3 is 1.81 bits per heavy atom. The second-order valence-corrected chi connectivity index (χ2v) is 2.87. The topological polar surface area (TPSA) is 12.0 Å². The summed E-state index contributed by atoms with van der Waals surface area (Å²) in [4.78, 5) is 0. The largest absolute Gasteiger partial charge is 0.430 e. The van der Waals surface area contributed by atoms with Crippen molar-refractivity contribution in [2.75, 3.05) is 7.05 Å². The zero-order valence-electron chi connectivity index (χ0n) is 8.63. The quantitative estimate of drug-likeness (QED) is 0.594. The SMILES string of the molecule is CC/C=C(\C=C(/NC)C(F)(F)F)C(F)(F)F. The van der Waals surface area contributed by atoms with Gasteiger partial charge in [-0.2, -0.15) is 26.3 Å². The predicted octanol–water partition coefficient (Wildman–Crippen LogP) is 3.55. The van der Waals surface area contributed by atoms with E-state index in [1.54, 1.807) is 5.32 Å². The van der Waals surface area contributed by atoms with Crippen LogP contribution in [0.15, 0.2) is 23.4 Å². The van der Waals surface area contributed by atoms with Crippen LogP contribution in [-0.4, -0.2) is 19.4 Å². The summed E-state index contributed by atoms with van der Waals surface area (Å²) in [6.45, 7) is 1.41. The Morgan fingerprint density at radius 1 is 1.06 bits per heavy atom. The van der Waals surface area contributed by atoms with Gasteiger partial charge in [0, 0.05) is 7.05 Å². The van der Waals surface area contributed by atoms with Gasteiger partial charge in [0.05, 0.1) is 5.57 Å². The first kappa shape index (κ1) is 14.9. The molecule has 0 amide bonds. The Labute approximate surface area is 88.8 Å². The molecule has 0 saturated carbocycles. The van der Waals surface area contributed by atoms with Crippen LogP contribution in [-0.2, 0) is 0 Å². The van der Waals surface area contributed by atoms with Gasteiger partial charge in [0.2, 0.25) is 0 Å². The highest BCUT2D eigenvalue weighted by molar-refractivity contribution is 5.28. The third-order valence-corrected chi connectivity index (χ3v) is 1.63. The first-order chi connectivity index (χ1) is 7.12. The molecule has 0 rings (SSSR count). The molecule has 0 aromatic carbocycles. The number of alkyl halides is 6. The van der Waals surface area contributed by atoms with Crippen LogP contribution in [0.1, 0.15) is 13.3 Å². The lowest BCUT2D eigenvalue weighted by atomic mass is 10.1. The van der Waals surface area contributed by atoms with Gasteiger partial charge in [-0.1, -0.05) is 13.0 Å². The van der Waals surface area contributed by atoms with Crippen molar-refractivity contribution < 1.29 is 26.3 Å². The highest BCUT2D eigenvalue weighted by Gasteiger charge is 2.37. The molecular weight excluding hydrogens is 236 g/mol. The minimum absolute atomic E-state index is 0.000193. The predicted molar refractivity (Wildman–Crippen MR) is 47.6 cm³/mol. The maximum atomic E-state index is 12.3. The molecule has 94 valence electrons. The molecule has 0 spiro atoms. The van der Waals surface area contributed by atoms with Crippen molar-refractivity contribution in [1.29, 1.82) is 0 Å². The van der Waals surface area contributed by atoms with Crippen LogP contribution in [0.2, 0.25) is 0 Å². The number of nitrogens with one attached hydrogen (secondary N) is 1. The van der Waals surface area contributed by atoms with E-state index in [4.69, 9.17) is 0 Å². The van der Waals surface area contributed by atoms with Crippen LogP contribution in [0, 0.1) is 0 Å². The van der Waals surface area contributed by atoms with Crippen LogP contribution in [0.4, 0.5) is 26.3 Å². The van der Waals surface area contributed by atoms with E-state index in [0.29, 0.717) is 6.08 Å². The summed E-state index contributed by atoms with van der Waals surface area (Å²) >= 11 is 0. The molecular formula is C9H11F6N. The number of allylic oxidation sites excluding steroid dienone is 4. The highest BCUT2D eigenvalue weighted by Crippen LogP contribution is 2.31. The third kappa shape index (κ3) is 4.59. The van der Waals surface area contributed by atoms with Gasteiger partial charge >= 0.3 is 12.4 Å². The molecule has 0 aromatic rings. The number of hydrogen-bond acceptors (Lipinski definition) is 1. The van der Waals surface area contributed by atoms with E-state index in [2.05, 4.69) is 0 Å². The summed E-state index contributed by atoms with van der Waals surface area (Å²) in [5, 5.41) is 1.70. The average molecular weight is 247 g/mol. The molecule has 1 N–H and O–H groups in total. The number of rotatable bonds is 3. The molecule has 0 unspecified atom stereocenters. The van der Waals surface area contributed by atoms with Crippen LogP contribution >= 0.6 is 0 Å². The van der Waals surface area contributed by atoms with Gasteiger partial charge in [0.1, 0.15) is 5.70 Å². The fourth-order valence-electron chi connectivity index (χ4n) is 0.928. The Kier molecular flexibility index (Phi) is 4.89. The van der Waals surface area contributed by atoms with Crippen LogP contribution in [0.5, 0.6) is 0 Å². The average Bonchev–Trinajstić information content (AvgIpc) is 2.07. The van der Waals surface area contributed by atoms with Gasteiger partial charge in [-0.15, -0.1) is 0 Å². The van der Waals surface area contributed by atoms with Gasteiger partial charge < -0.3 is 5.32 Å². The third-order valence-electron chi connectivity index (χ3n) is 1.63. The summed E-state index contributed by atoms with van der Waals surface area (Å²) in [7, 11) is 0.916. The molecule has 0 saturated heterocycles. The molecule has 0 heterocycles. The molecule has 0 atom stereocenters. The number of halogens is 6. The van der Waals surface area contributed by atoms with E-state index in [9.17, 15) is 26.3 Å². The molecule has 0 aliphatic heterocycles. The molecule has 16 heavy (non-hydrogen) atoms. The second kappa shape index (κ2) is 5.27. The van der Waals surface area contributed by atoms with E-state index >= 15 is 0 Å². The summed E-state index contributed by atoms with van der Waals surface area (Å²) < 4.78 is 73.4. The first-order valence-electron chi connectivity index (χ1n) is 4.37. The minimum Gasteiger partial charge on any atom is -0.384 e. The van der Waals surface area contributed by atoms with Crippen LogP contribution in [0.3, 0.4) is 0 Å². The molecule has 0 aliphatic carbocycles. The lowest BCUT2D eigenvalue weighted by Gasteiger charge is -2.13. The summed E-state index contributed by atoms with van der Waals surface area (Å²) in [5.41, 5.74) is -2.74. The van der Waals surface area contributed by atoms with Gasteiger partial charge in [-0.3, -0.25) is 0 Å². The Hall–Kier alpha value is -1.14. The molecule has 1 nitrogen and oxygen atoms in total. The first-order valence-corrected chi connectivity index (χ1v) is 4.37. The summed E-state index contributed by atoms with van der Waals surface area (Å²) in [6, 6.07) is 0. The van der Waals surface area contributed by atoms with E-state index in [1.165, 1.54) is 6.92 Å². The van der Waals surface area contributed by atoms with Crippen molar-refractivity contribution in [3.63, 3.8) is 0 Å². The molecule has 7 heteroatoms. The summed E-state index contributed by atoms with van der Waals surface area (Å²) in [5.74, 6) is 0. The number of hydrogen-bond donors (Lipinski definition) is 1. The van der Waals surface area contributed by atoms with Crippen molar-refractivity contribution in [2.24, 2.45) is 0 Å². The Morgan fingerprint density at radius 2 is 1.56 bits per heavy atom. The standard InChI is InChI=1S/C9H11F6N/c1-3-4-6(8(10,11)12)5-7(16-2)9(13,14)15/h4-5,16H,3H2,1-2H3/b6-4+,7-5-. The molecule has 0 aromatic heterocycles. The van der Waals surface area contributed by atoms with E-state index < -0.39 is 23.6 Å². The fourth-order valence-corrected chi connectivity index (χ4v) is 0.928. The molecule has 0 bridgehead atoms. The van der Waals surface area contributed by atoms with Crippen molar-refractivity contribution in [2.45, 2.75) is 25.7 Å². The van der Waals surface area contributed by atoms with Gasteiger partial charge in [0.25, 0.3) is 0 Å². The highest BCUT2D eigenvalue weighted by atomic mass is 19.4. The van der Waals surface area contributed by atoms with Crippen LogP contribution < -0.4 is 5.32 Å². The van der Waals surface area contributed by atoms with Gasteiger partial charge in [-0.25, -0.2) is 0 Å². The smallest absolute Gasteiger partial charge is 0.384 e. The van der Waals surface area contributed by atoms with Crippen molar-refractivity contribution in [1.82, 2.24) is 5.32 Å². The van der Waals surface area contributed by atoms with Crippen LogP contribution in [0.25, 0.3) is 0 Å². The maximum Gasteiger partial charge on any atom is 0.430 e. The van der Waals surface area contributed by atoms with E-state index in [1.807, 2.05) is 0 Å². The van der Waals surface area contributed by atoms with Crippen molar-refractivity contribution in [3.8, 4) is 0 Å². The van der Waals surface area contributed by atoms with E-state index in [-0.39, 0.29) is 12.5 Å². The van der Waals surface area contributed by atoms with Crippen molar-refractivity contribution >= 4 is 0 Å². The monoisotopic (exact) mass is 247 g/mol. The normalized spacial score (nSPS) is 15.2. The maximum absolute atomic E-state index is 12.3. The van der Waals surface area contributed by atoms with E-state index in [0.717, 1.165) is 7.05 Å². The second-order valence-electron chi connectivity index (χ2n) is 2.87. The van der Waals surface area contributed by atoms with Crippen molar-refractivity contribution in [3.05, 3.63) is 23.4 Å². The molecule has 0 fully saturated rings. The lowest BCUT2D eigenvalue weighted by Crippen LogP contribution is -2.24. The fraction of sp³-hybridized carbons (Fsp3) is 0.556. The summed E-state index contributed by atoms with van der Waals surface area (Å²) in [6.07, 6.45) is -8.86. The minimum atomic E-state index is -4.83.